The Labute approximate surface area is 189 Å². The Balaban J connectivity index is 1.79. The highest BCUT2D eigenvalue weighted by atomic mass is 79.9. The van der Waals surface area contributed by atoms with E-state index in [0.717, 1.165) is 36.3 Å². The number of esters is 1. The number of ether oxygens (including phenoxy) is 1. The molecule has 1 saturated heterocycles. The minimum absolute atomic E-state index is 0.153. The topological polar surface area (TPSA) is 73.9 Å². The van der Waals surface area contributed by atoms with Gasteiger partial charge in [0, 0.05) is 36.2 Å². The van der Waals surface area contributed by atoms with Gasteiger partial charge in [0.25, 0.3) is 5.91 Å². The number of amides is 1. The van der Waals surface area contributed by atoms with E-state index >= 15 is 0 Å². The molecule has 0 atom stereocenters. The number of piperazine rings is 1. The van der Waals surface area contributed by atoms with Crippen LogP contribution in [0.4, 0.5) is 11.4 Å². The molecular formula is C21H23BrN4O3S. The number of anilines is 2. The summed E-state index contributed by atoms with van der Waals surface area (Å²) < 4.78 is 5.72. The molecule has 2 aromatic carbocycles. The van der Waals surface area contributed by atoms with E-state index in [0.29, 0.717) is 16.8 Å². The van der Waals surface area contributed by atoms with E-state index in [2.05, 4.69) is 43.4 Å². The fourth-order valence-electron chi connectivity index (χ4n) is 3.13. The molecule has 0 aliphatic carbocycles. The summed E-state index contributed by atoms with van der Waals surface area (Å²) in [5, 5.41) is 5.92. The monoisotopic (exact) mass is 490 g/mol. The second-order valence-electron chi connectivity index (χ2n) is 6.93. The van der Waals surface area contributed by atoms with E-state index in [4.69, 9.17) is 17.0 Å². The van der Waals surface area contributed by atoms with Gasteiger partial charge in [0.05, 0.1) is 24.0 Å². The van der Waals surface area contributed by atoms with Crippen molar-refractivity contribution in [2.45, 2.75) is 0 Å². The van der Waals surface area contributed by atoms with Crippen LogP contribution in [-0.4, -0.2) is 62.2 Å². The maximum Gasteiger partial charge on any atom is 0.337 e. The summed E-state index contributed by atoms with van der Waals surface area (Å²) in [6, 6.07) is 12.3. The normalized spacial score (nSPS) is 14.2. The number of halogens is 1. The second-order valence-corrected chi connectivity index (χ2v) is 8.25. The van der Waals surface area contributed by atoms with Crippen LogP contribution in [0.15, 0.2) is 46.9 Å². The molecule has 158 valence electrons. The fraction of sp³-hybridized carbons (Fsp3) is 0.286. The van der Waals surface area contributed by atoms with E-state index < -0.39 is 5.97 Å². The minimum atomic E-state index is -0.437. The van der Waals surface area contributed by atoms with Crippen LogP contribution < -0.4 is 15.5 Å². The number of benzene rings is 2. The summed E-state index contributed by atoms with van der Waals surface area (Å²) in [6.07, 6.45) is 0. The molecule has 0 radical (unpaired) electrons. The van der Waals surface area contributed by atoms with Crippen LogP contribution in [0.5, 0.6) is 0 Å². The number of methoxy groups -OCH3 is 1. The number of nitrogens with zero attached hydrogens (tertiary/aromatic N) is 2. The molecular weight excluding hydrogens is 468 g/mol. The van der Waals surface area contributed by atoms with Crippen molar-refractivity contribution in [2.75, 3.05) is 50.6 Å². The van der Waals surface area contributed by atoms with Gasteiger partial charge in [0.15, 0.2) is 5.11 Å². The third-order valence-corrected chi connectivity index (χ3v) is 5.58. The molecule has 3 rings (SSSR count). The lowest BCUT2D eigenvalue weighted by Crippen LogP contribution is -2.45. The number of likely N-dealkylation sites (N-methyl/N-ethyl adjacent to an activating group) is 1. The molecule has 30 heavy (non-hydrogen) atoms. The number of thiocarbonyl (C=S) groups is 1. The van der Waals surface area contributed by atoms with Crippen LogP contribution in [-0.2, 0) is 4.74 Å². The van der Waals surface area contributed by atoms with Gasteiger partial charge in [-0.2, -0.15) is 0 Å². The molecule has 1 aliphatic rings. The van der Waals surface area contributed by atoms with Crippen LogP contribution in [0.2, 0.25) is 0 Å². The summed E-state index contributed by atoms with van der Waals surface area (Å²) in [5.41, 5.74) is 2.45. The number of hydrogen-bond acceptors (Lipinski definition) is 6. The molecule has 1 fully saturated rings. The van der Waals surface area contributed by atoms with Crippen LogP contribution in [0.1, 0.15) is 20.7 Å². The summed E-state index contributed by atoms with van der Waals surface area (Å²) in [7, 11) is 3.43. The van der Waals surface area contributed by atoms with E-state index in [-0.39, 0.29) is 11.0 Å². The number of nitrogens with one attached hydrogen (secondary N) is 2. The highest BCUT2D eigenvalue weighted by Gasteiger charge is 2.20. The van der Waals surface area contributed by atoms with E-state index in [1.54, 1.807) is 36.4 Å². The van der Waals surface area contributed by atoms with Gasteiger partial charge in [-0.1, -0.05) is 15.9 Å². The second kappa shape index (κ2) is 10.0. The van der Waals surface area contributed by atoms with Gasteiger partial charge >= 0.3 is 5.97 Å². The van der Waals surface area contributed by atoms with Crippen LogP contribution in [0, 0.1) is 0 Å². The van der Waals surface area contributed by atoms with Gasteiger partial charge in [-0.25, -0.2) is 4.79 Å². The molecule has 0 aromatic heterocycles. The quantitative estimate of drug-likeness (QED) is 0.503. The van der Waals surface area contributed by atoms with Crippen molar-refractivity contribution in [3.63, 3.8) is 0 Å². The molecule has 1 amide bonds. The zero-order valence-corrected chi connectivity index (χ0v) is 19.2. The van der Waals surface area contributed by atoms with Crippen molar-refractivity contribution in [2.24, 2.45) is 0 Å². The molecule has 2 aromatic rings. The van der Waals surface area contributed by atoms with Crippen molar-refractivity contribution < 1.29 is 14.3 Å². The first-order valence-electron chi connectivity index (χ1n) is 9.41. The average Bonchev–Trinajstić information content (AvgIpc) is 2.74. The van der Waals surface area contributed by atoms with Gasteiger partial charge in [-0.3, -0.25) is 10.1 Å². The number of carbonyl (C=O) groups excluding carboxylic acids is 2. The molecule has 0 saturated carbocycles. The Morgan fingerprint density at radius 2 is 1.67 bits per heavy atom. The highest BCUT2D eigenvalue weighted by molar-refractivity contribution is 9.10. The first-order chi connectivity index (χ1) is 14.4. The summed E-state index contributed by atoms with van der Waals surface area (Å²) in [5.74, 6) is -0.752. The third-order valence-electron chi connectivity index (χ3n) is 4.84. The van der Waals surface area contributed by atoms with Crippen molar-refractivity contribution >= 4 is 56.5 Å². The molecule has 0 bridgehead atoms. The number of hydrogen-bond donors (Lipinski definition) is 2. The zero-order chi connectivity index (χ0) is 21.7. The molecule has 9 heteroatoms. The molecule has 0 unspecified atom stereocenters. The summed E-state index contributed by atoms with van der Waals surface area (Å²) in [6.45, 7) is 3.56. The van der Waals surface area contributed by atoms with Gasteiger partial charge in [-0.15, -0.1) is 0 Å². The smallest absolute Gasteiger partial charge is 0.337 e. The van der Waals surface area contributed by atoms with E-state index in [1.807, 2.05) is 6.07 Å². The van der Waals surface area contributed by atoms with Gasteiger partial charge in [0.1, 0.15) is 0 Å². The molecule has 2 N–H and O–H groups in total. The average molecular weight is 491 g/mol. The summed E-state index contributed by atoms with van der Waals surface area (Å²) >= 11 is 8.71. The molecule has 1 heterocycles. The first-order valence-corrected chi connectivity index (χ1v) is 10.6. The van der Waals surface area contributed by atoms with Crippen LogP contribution in [0.3, 0.4) is 0 Å². The van der Waals surface area contributed by atoms with Gasteiger partial charge in [-0.05, 0) is 61.7 Å². The van der Waals surface area contributed by atoms with Crippen molar-refractivity contribution in [1.29, 1.82) is 0 Å². The predicted molar refractivity (Wildman–Crippen MR) is 125 cm³/mol. The Hall–Kier alpha value is -2.49. The molecule has 0 spiro atoms. The maximum atomic E-state index is 12.5. The Bertz CT molecular complexity index is 944. The third kappa shape index (κ3) is 5.56. The summed E-state index contributed by atoms with van der Waals surface area (Å²) in [4.78, 5) is 28.9. The number of carbonyl (C=O) groups is 2. The lowest BCUT2D eigenvalue weighted by Gasteiger charge is -2.35. The Morgan fingerprint density at radius 3 is 2.30 bits per heavy atom. The van der Waals surface area contributed by atoms with E-state index in [9.17, 15) is 9.59 Å². The van der Waals surface area contributed by atoms with Crippen LogP contribution >= 0.6 is 28.1 Å². The van der Waals surface area contributed by atoms with Crippen molar-refractivity contribution in [1.82, 2.24) is 10.2 Å². The van der Waals surface area contributed by atoms with Gasteiger partial charge < -0.3 is 19.9 Å². The van der Waals surface area contributed by atoms with Gasteiger partial charge in [0.2, 0.25) is 0 Å². The first kappa shape index (κ1) is 22.2. The molecule has 7 nitrogen and oxygen atoms in total. The van der Waals surface area contributed by atoms with Crippen molar-refractivity contribution in [3.8, 4) is 0 Å². The zero-order valence-electron chi connectivity index (χ0n) is 16.8. The standard InChI is InChI=1S/C21H23BrN4O3S/c1-25-9-11-26(12-10-25)18-8-5-15(20(28)29-2)13-17(18)23-21(30)24-19(27)14-3-6-16(22)7-4-14/h3-8,13H,9-12H2,1-2H3,(H2,23,24,27,30). The number of rotatable bonds is 4. The van der Waals surface area contributed by atoms with E-state index in [1.165, 1.54) is 7.11 Å². The maximum absolute atomic E-state index is 12.5. The Kier molecular flexibility index (Phi) is 7.41. The Morgan fingerprint density at radius 1 is 1.03 bits per heavy atom. The minimum Gasteiger partial charge on any atom is -0.465 e. The SMILES string of the molecule is COC(=O)c1ccc(N2CCN(C)CC2)c(NC(=S)NC(=O)c2ccc(Br)cc2)c1. The highest BCUT2D eigenvalue weighted by Crippen LogP contribution is 2.28. The van der Waals surface area contributed by atoms with Crippen LogP contribution in [0.25, 0.3) is 0 Å². The van der Waals surface area contributed by atoms with Crippen molar-refractivity contribution in [3.05, 3.63) is 58.1 Å². The lowest BCUT2D eigenvalue weighted by molar-refractivity contribution is 0.0600. The fourth-order valence-corrected chi connectivity index (χ4v) is 3.60. The largest absolute Gasteiger partial charge is 0.465 e. The predicted octanol–water partition coefficient (Wildman–Crippen LogP) is 3.11. The lowest BCUT2D eigenvalue weighted by atomic mass is 10.1. The molecule has 1 aliphatic heterocycles.